The first kappa shape index (κ1) is 17.5. The Morgan fingerprint density at radius 2 is 1.72 bits per heavy atom. The van der Waals surface area contributed by atoms with Crippen LogP contribution < -0.4 is 0 Å². The molecule has 0 aliphatic carbocycles. The van der Waals surface area contributed by atoms with Gasteiger partial charge in [-0.25, -0.2) is 4.57 Å². The summed E-state index contributed by atoms with van der Waals surface area (Å²) in [5.74, 6) is -0.303. The summed E-state index contributed by atoms with van der Waals surface area (Å²) >= 11 is 0. The minimum Gasteiger partial charge on any atom is -0.462 e. The Morgan fingerprint density at radius 3 is 2.11 bits per heavy atom. The van der Waals surface area contributed by atoms with Crippen molar-refractivity contribution in [2.75, 3.05) is 6.61 Å². The Labute approximate surface area is 112 Å². The summed E-state index contributed by atoms with van der Waals surface area (Å²) in [6, 6.07) is 0. The molecule has 4 nitrogen and oxygen atoms in total. The predicted molar refractivity (Wildman–Crippen MR) is 71.6 cm³/mol. The average Bonchev–Trinajstić information content (AvgIpc) is 2.13. The molecule has 0 amide bonds. The standard InChI is InChI=1S/C13H25O4P/c1-12(2,3)9-10(13(4,5)6)17-11(14)7-8-16-18-15/h10H,7-9H2,1-6H3. The summed E-state index contributed by atoms with van der Waals surface area (Å²) in [4.78, 5) is 11.7. The van der Waals surface area contributed by atoms with Crippen molar-refractivity contribution in [1.29, 1.82) is 0 Å². The van der Waals surface area contributed by atoms with Crippen LogP contribution >= 0.6 is 8.69 Å². The fourth-order valence-corrected chi connectivity index (χ4v) is 1.63. The Balaban J connectivity index is 4.42. The lowest BCUT2D eigenvalue weighted by molar-refractivity contribution is -0.157. The molecule has 0 spiro atoms. The molecular formula is C13H25O4P. The van der Waals surface area contributed by atoms with Crippen molar-refractivity contribution >= 4 is 14.7 Å². The Kier molecular flexibility index (Phi) is 7.01. The lowest BCUT2D eigenvalue weighted by Gasteiger charge is -2.35. The highest BCUT2D eigenvalue weighted by molar-refractivity contribution is 7.17. The molecular weight excluding hydrogens is 251 g/mol. The maximum absolute atomic E-state index is 11.7. The molecule has 0 aromatic carbocycles. The first-order chi connectivity index (χ1) is 8.06. The number of ether oxygens (including phenoxy) is 1. The quantitative estimate of drug-likeness (QED) is 0.418. The highest BCUT2D eigenvalue weighted by atomic mass is 31.1. The number of carbonyl (C=O) groups is 1. The van der Waals surface area contributed by atoms with Crippen molar-refractivity contribution in [2.45, 2.75) is 60.5 Å². The third-order valence-electron chi connectivity index (χ3n) is 2.49. The fraction of sp³-hybridized carbons (Fsp3) is 0.923. The minimum absolute atomic E-state index is 0.0966. The summed E-state index contributed by atoms with van der Waals surface area (Å²) in [6.45, 7) is 12.7. The van der Waals surface area contributed by atoms with E-state index >= 15 is 0 Å². The molecule has 0 saturated heterocycles. The zero-order valence-corrected chi connectivity index (χ0v) is 13.2. The summed E-state index contributed by atoms with van der Waals surface area (Å²) in [6.07, 6.45) is 0.810. The molecule has 106 valence electrons. The molecule has 0 aromatic rings. The van der Waals surface area contributed by atoms with E-state index < -0.39 is 8.69 Å². The van der Waals surface area contributed by atoms with Crippen LogP contribution in [0.15, 0.2) is 0 Å². The Hall–Kier alpha value is -0.470. The van der Waals surface area contributed by atoms with E-state index in [-0.39, 0.29) is 35.9 Å². The molecule has 0 aromatic heterocycles. The second-order valence-corrected chi connectivity index (χ2v) is 7.17. The molecule has 1 atom stereocenters. The third kappa shape index (κ3) is 8.60. The molecule has 0 rings (SSSR count). The SMILES string of the molecule is CC(C)(C)CC(OC(=O)CCOP=O)C(C)(C)C. The predicted octanol–water partition coefficient (Wildman–Crippen LogP) is 3.99. The van der Waals surface area contributed by atoms with E-state index in [0.29, 0.717) is 0 Å². The first-order valence-electron chi connectivity index (χ1n) is 6.20. The molecule has 0 heterocycles. The van der Waals surface area contributed by atoms with E-state index in [1.54, 1.807) is 0 Å². The molecule has 0 fully saturated rings. The number of hydrogen-bond acceptors (Lipinski definition) is 4. The van der Waals surface area contributed by atoms with Gasteiger partial charge in [0, 0.05) is 0 Å². The smallest absolute Gasteiger partial charge is 0.327 e. The molecule has 18 heavy (non-hydrogen) atoms. The monoisotopic (exact) mass is 276 g/mol. The minimum atomic E-state index is -0.402. The van der Waals surface area contributed by atoms with Crippen molar-refractivity contribution in [3.8, 4) is 0 Å². The largest absolute Gasteiger partial charge is 0.462 e. The van der Waals surface area contributed by atoms with Gasteiger partial charge in [0.25, 0.3) is 0 Å². The van der Waals surface area contributed by atoms with E-state index in [0.717, 1.165) is 6.42 Å². The van der Waals surface area contributed by atoms with Crippen LogP contribution in [0.2, 0.25) is 0 Å². The fourth-order valence-electron chi connectivity index (χ4n) is 1.46. The Bertz CT molecular complexity index is 276. The first-order valence-corrected chi connectivity index (χ1v) is 6.93. The van der Waals surface area contributed by atoms with Gasteiger partial charge in [0.1, 0.15) is 6.10 Å². The van der Waals surface area contributed by atoms with E-state index in [2.05, 4.69) is 46.1 Å². The lowest BCUT2D eigenvalue weighted by Crippen LogP contribution is -2.35. The van der Waals surface area contributed by atoms with E-state index in [9.17, 15) is 9.36 Å². The van der Waals surface area contributed by atoms with Gasteiger partial charge in [-0.15, -0.1) is 0 Å². The van der Waals surface area contributed by atoms with Gasteiger partial charge in [0.05, 0.1) is 13.0 Å². The van der Waals surface area contributed by atoms with Crippen molar-refractivity contribution in [3.63, 3.8) is 0 Å². The van der Waals surface area contributed by atoms with Gasteiger partial charge < -0.3 is 4.74 Å². The highest BCUT2D eigenvalue weighted by Crippen LogP contribution is 2.33. The number of rotatable bonds is 6. The van der Waals surface area contributed by atoms with E-state index in [4.69, 9.17) is 4.74 Å². The van der Waals surface area contributed by atoms with Crippen molar-refractivity contribution < 1.29 is 18.6 Å². The van der Waals surface area contributed by atoms with Crippen molar-refractivity contribution in [1.82, 2.24) is 0 Å². The van der Waals surface area contributed by atoms with Gasteiger partial charge >= 0.3 is 14.7 Å². The zero-order valence-electron chi connectivity index (χ0n) is 12.3. The van der Waals surface area contributed by atoms with Gasteiger partial charge in [-0.3, -0.25) is 9.32 Å². The van der Waals surface area contributed by atoms with Crippen LogP contribution in [0.25, 0.3) is 0 Å². The Morgan fingerprint density at radius 1 is 1.17 bits per heavy atom. The van der Waals surface area contributed by atoms with Crippen LogP contribution in [0.1, 0.15) is 54.4 Å². The van der Waals surface area contributed by atoms with E-state index in [1.165, 1.54) is 0 Å². The van der Waals surface area contributed by atoms with Crippen molar-refractivity contribution in [2.24, 2.45) is 10.8 Å². The third-order valence-corrected chi connectivity index (χ3v) is 2.78. The molecule has 0 saturated carbocycles. The van der Waals surface area contributed by atoms with Crippen LogP contribution in [0, 0.1) is 10.8 Å². The molecule has 5 heteroatoms. The van der Waals surface area contributed by atoms with Crippen LogP contribution in [0.3, 0.4) is 0 Å². The molecule has 0 aliphatic rings. The summed E-state index contributed by atoms with van der Waals surface area (Å²) in [5, 5.41) is 0. The highest BCUT2D eigenvalue weighted by Gasteiger charge is 2.32. The number of esters is 1. The maximum Gasteiger partial charge on any atom is 0.327 e. The van der Waals surface area contributed by atoms with Crippen LogP contribution in [-0.4, -0.2) is 18.7 Å². The van der Waals surface area contributed by atoms with Crippen molar-refractivity contribution in [3.05, 3.63) is 0 Å². The normalized spacial score (nSPS) is 14.6. The topological polar surface area (TPSA) is 52.6 Å². The number of carbonyl (C=O) groups excluding carboxylic acids is 1. The molecule has 1 unspecified atom stereocenters. The second kappa shape index (κ2) is 7.20. The van der Waals surface area contributed by atoms with Crippen LogP contribution in [0.5, 0.6) is 0 Å². The second-order valence-electron chi connectivity index (χ2n) is 6.77. The maximum atomic E-state index is 11.7. The van der Waals surface area contributed by atoms with Gasteiger partial charge in [0.15, 0.2) is 0 Å². The van der Waals surface area contributed by atoms with Crippen LogP contribution in [0.4, 0.5) is 0 Å². The molecule has 0 aliphatic heterocycles. The molecule has 0 bridgehead atoms. The van der Waals surface area contributed by atoms with Crippen LogP contribution in [-0.2, 0) is 18.6 Å². The lowest BCUT2D eigenvalue weighted by atomic mass is 9.78. The average molecular weight is 276 g/mol. The number of hydrogen-bond donors (Lipinski definition) is 0. The zero-order chi connectivity index (χ0) is 14.4. The van der Waals surface area contributed by atoms with Gasteiger partial charge in [-0.2, -0.15) is 0 Å². The van der Waals surface area contributed by atoms with Gasteiger partial charge in [-0.05, 0) is 17.3 Å². The van der Waals surface area contributed by atoms with Gasteiger partial charge in [-0.1, -0.05) is 41.5 Å². The summed E-state index contributed by atoms with van der Waals surface area (Å²) in [7, 11) is -0.402. The summed E-state index contributed by atoms with van der Waals surface area (Å²) < 4.78 is 20.2. The molecule has 0 radical (unpaired) electrons. The molecule has 0 N–H and O–H groups in total. The summed E-state index contributed by atoms with van der Waals surface area (Å²) in [5.41, 5.74) is 0.00292. The van der Waals surface area contributed by atoms with Gasteiger partial charge in [0.2, 0.25) is 0 Å². The van der Waals surface area contributed by atoms with E-state index in [1.807, 2.05) is 0 Å².